The lowest BCUT2D eigenvalue weighted by Gasteiger charge is -2.18. The molecule has 1 heterocycles. The van der Waals surface area contributed by atoms with Gasteiger partial charge in [-0.3, -0.25) is 9.59 Å². The Morgan fingerprint density at radius 1 is 1.52 bits per heavy atom. The van der Waals surface area contributed by atoms with Gasteiger partial charge < -0.3 is 10.2 Å². The van der Waals surface area contributed by atoms with E-state index in [0.717, 1.165) is 5.56 Å². The lowest BCUT2D eigenvalue weighted by molar-refractivity contribution is -0.128. The average Bonchev–Trinajstić information content (AvgIpc) is 2.80. The zero-order valence-corrected chi connectivity index (χ0v) is 12.4. The normalized spacial score (nSPS) is 17.9. The zero-order chi connectivity index (χ0) is 15.4. The number of hydrogen-bond donors (Lipinski definition) is 1. The smallest absolute Gasteiger partial charge is 0.229 e. The number of rotatable bonds is 4. The SMILES string of the molecule is C#Cc1cccc(NC(=O)C2CC(=O)N(CC(C)C)C2)c1. The molecule has 1 N–H and O–H groups in total. The first-order valence-corrected chi connectivity index (χ1v) is 7.15. The molecule has 4 heteroatoms. The number of terminal acetylenes is 1. The Morgan fingerprint density at radius 2 is 2.29 bits per heavy atom. The summed E-state index contributed by atoms with van der Waals surface area (Å²) in [4.78, 5) is 25.9. The van der Waals surface area contributed by atoms with Gasteiger partial charge in [0.05, 0.1) is 5.92 Å². The molecule has 2 amide bonds. The van der Waals surface area contributed by atoms with Gasteiger partial charge in [-0.1, -0.05) is 25.8 Å². The van der Waals surface area contributed by atoms with Gasteiger partial charge in [0, 0.05) is 30.8 Å². The Balaban J connectivity index is 1.98. The van der Waals surface area contributed by atoms with Crippen LogP contribution in [0.4, 0.5) is 5.69 Å². The number of hydrogen-bond acceptors (Lipinski definition) is 2. The fourth-order valence-corrected chi connectivity index (χ4v) is 2.50. The van der Waals surface area contributed by atoms with Crippen molar-refractivity contribution in [1.82, 2.24) is 4.90 Å². The first-order valence-electron chi connectivity index (χ1n) is 7.15. The van der Waals surface area contributed by atoms with Crippen molar-refractivity contribution in [3.63, 3.8) is 0 Å². The molecule has 1 unspecified atom stereocenters. The number of carbonyl (C=O) groups excluding carboxylic acids is 2. The van der Waals surface area contributed by atoms with E-state index in [4.69, 9.17) is 6.42 Å². The second kappa shape index (κ2) is 6.45. The molecular weight excluding hydrogens is 264 g/mol. The topological polar surface area (TPSA) is 49.4 Å². The van der Waals surface area contributed by atoms with Gasteiger partial charge in [0.2, 0.25) is 11.8 Å². The predicted molar refractivity (Wildman–Crippen MR) is 82.5 cm³/mol. The zero-order valence-electron chi connectivity index (χ0n) is 12.4. The third-order valence-corrected chi connectivity index (χ3v) is 3.47. The van der Waals surface area contributed by atoms with E-state index in [9.17, 15) is 9.59 Å². The number of benzene rings is 1. The molecule has 1 aliphatic rings. The molecule has 110 valence electrons. The molecule has 0 saturated carbocycles. The molecule has 0 radical (unpaired) electrons. The van der Waals surface area contributed by atoms with E-state index in [-0.39, 0.29) is 24.2 Å². The van der Waals surface area contributed by atoms with E-state index in [1.807, 2.05) is 0 Å². The van der Waals surface area contributed by atoms with Gasteiger partial charge in [-0.05, 0) is 24.1 Å². The molecular formula is C17H20N2O2. The highest BCUT2D eigenvalue weighted by atomic mass is 16.2. The molecule has 1 atom stereocenters. The quantitative estimate of drug-likeness (QED) is 0.861. The van der Waals surface area contributed by atoms with Crippen molar-refractivity contribution in [1.29, 1.82) is 0 Å². The van der Waals surface area contributed by atoms with Crippen molar-refractivity contribution in [2.75, 3.05) is 18.4 Å². The number of likely N-dealkylation sites (tertiary alicyclic amines) is 1. The summed E-state index contributed by atoms with van der Waals surface area (Å²) in [6, 6.07) is 7.15. The van der Waals surface area contributed by atoms with Gasteiger partial charge in [0.1, 0.15) is 0 Å². The molecule has 0 spiro atoms. The summed E-state index contributed by atoms with van der Waals surface area (Å²) in [6.45, 7) is 5.32. The summed E-state index contributed by atoms with van der Waals surface area (Å²) in [5.41, 5.74) is 1.39. The van der Waals surface area contributed by atoms with Crippen LogP contribution < -0.4 is 5.32 Å². The lowest BCUT2D eigenvalue weighted by atomic mass is 10.1. The molecule has 1 fully saturated rings. The standard InChI is InChI=1S/C17H20N2O2/c1-4-13-6-5-7-15(8-13)18-17(21)14-9-16(20)19(11-14)10-12(2)3/h1,5-8,12,14H,9-11H2,2-3H3,(H,18,21). The van der Waals surface area contributed by atoms with Crippen molar-refractivity contribution in [3.8, 4) is 12.3 Å². The summed E-state index contributed by atoms with van der Waals surface area (Å²) in [7, 11) is 0. The van der Waals surface area contributed by atoms with Crippen LogP contribution >= 0.6 is 0 Å². The van der Waals surface area contributed by atoms with Crippen LogP contribution in [-0.4, -0.2) is 29.8 Å². The molecule has 2 rings (SSSR count). The molecule has 1 saturated heterocycles. The highest BCUT2D eigenvalue weighted by Gasteiger charge is 2.34. The third kappa shape index (κ3) is 3.85. The number of carbonyl (C=O) groups is 2. The van der Waals surface area contributed by atoms with Gasteiger partial charge in [-0.2, -0.15) is 0 Å². The Bertz CT molecular complexity index is 587. The summed E-state index contributed by atoms with van der Waals surface area (Å²) in [5.74, 6) is 2.59. The van der Waals surface area contributed by atoms with E-state index < -0.39 is 0 Å². The average molecular weight is 284 g/mol. The number of anilines is 1. The largest absolute Gasteiger partial charge is 0.342 e. The van der Waals surface area contributed by atoms with Crippen LogP contribution in [-0.2, 0) is 9.59 Å². The molecule has 0 aliphatic carbocycles. The Morgan fingerprint density at radius 3 is 2.95 bits per heavy atom. The Labute approximate surface area is 125 Å². The van der Waals surface area contributed by atoms with Crippen LogP contribution in [0.2, 0.25) is 0 Å². The van der Waals surface area contributed by atoms with Crippen LogP contribution in [0.25, 0.3) is 0 Å². The van der Waals surface area contributed by atoms with Crippen molar-refractivity contribution in [2.24, 2.45) is 11.8 Å². The van der Waals surface area contributed by atoms with Gasteiger partial charge in [-0.25, -0.2) is 0 Å². The predicted octanol–water partition coefficient (Wildman–Crippen LogP) is 2.11. The highest BCUT2D eigenvalue weighted by molar-refractivity contribution is 5.97. The van der Waals surface area contributed by atoms with E-state index >= 15 is 0 Å². The fraction of sp³-hybridized carbons (Fsp3) is 0.412. The molecule has 1 aromatic rings. The minimum absolute atomic E-state index is 0.0567. The van der Waals surface area contributed by atoms with Gasteiger partial charge >= 0.3 is 0 Å². The van der Waals surface area contributed by atoms with Crippen molar-refractivity contribution >= 4 is 17.5 Å². The van der Waals surface area contributed by atoms with E-state index in [1.54, 1.807) is 29.2 Å². The molecule has 0 aromatic heterocycles. The van der Waals surface area contributed by atoms with Gasteiger partial charge in [0.25, 0.3) is 0 Å². The van der Waals surface area contributed by atoms with E-state index in [0.29, 0.717) is 24.7 Å². The molecule has 0 bridgehead atoms. The fourth-order valence-electron chi connectivity index (χ4n) is 2.50. The number of amides is 2. The van der Waals surface area contributed by atoms with E-state index in [1.165, 1.54) is 0 Å². The number of nitrogens with zero attached hydrogens (tertiary/aromatic N) is 1. The molecule has 1 aromatic carbocycles. The molecule has 1 aliphatic heterocycles. The Hall–Kier alpha value is -2.28. The van der Waals surface area contributed by atoms with Crippen LogP contribution in [0.3, 0.4) is 0 Å². The van der Waals surface area contributed by atoms with E-state index in [2.05, 4.69) is 25.1 Å². The van der Waals surface area contributed by atoms with Crippen molar-refractivity contribution < 1.29 is 9.59 Å². The maximum absolute atomic E-state index is 12.2. The minimum atomic E-state index is -0.286. The van der Waals surface area contributed by atoms with Gasteiger partial charge in [-0.15, -0.1) is 6.42 Å². The summed E-state index contributed by atoms with van der Waals surface area (Å²) >= 11 is 0. The van der Waals surface area contributed by atoms with Crippen LogP contribution in [0.15, 0.2) is 24.3 Å². The first-order chi connectivity index (χ1) is 9.99. The molecule has 21 heavy (non-hydrogen) atoms. The highest BCUT2D eigenvalue weighted by Crippen LogP contribution is 2.21. The monoisotopic (exact) mass is 284 g/mol. The second-order valence-electron chi connectivity index (χ2n) is 5.81. The third-order valence-electron chi connectivity index (χ3n) is 3.47. The number of nitrogens with one attached hydrogen (secondary N) is 1. The maximum atomic E-state index is 12.2. The second-order valence-corrected chi connectivity index (χ2v) is 5.81. The maximum Gasteiger partial charge on any atom is 0.229 e. The molecule has 4 nitrogen and oxygen atoms in total. The van der Waals surface area contributed by atoms with Gasteiger partial charge in [0.15, 0.2) is 0 Å². The van der Waals surface area contributed by atoms with Crippen LogP contribution in [0.1, 0.15) is 25.8 Å². The lowest BCUT2D eigenvalue weighted by Crippen LogP contribution is -2.31. The van der Waals surface area contributed by atoms with Crippen molar-refractivity contribution in [3.05, 3.63) is 29.8 Å². The Kier molecular flexibility index (Phi) is 4.64. The summed E-state index contributed by atoms with van der Waals surface area (Å²) in [6.07, 6.45) is 5.63. The van der Waals surface area contributed by atoms with Crippen LogP contribution in [0, 0.1) is 24.2 Å². The minimum Gasteiger partial charge on any atom is -0.342 e. The first kappa shape index (κ1) is 15.1. The summed E-state index contributed by atoms with van der Waals surface area (Å²) in [5, 5.41) is 2.84. The summed E-state index contributed by atoms with van der Waals surface area (Å²) < 4.78 is 0. The van der Waals surface area contributed by atoms with Crippen molar-refractivity contribution in [2.45, 2.75) is 20.3 Å². The van der Waals surface area contributed by atoms with Crippen LogP contribution in [0.5, 0.6) is 0 Å².